The van der Waals surface area contributed by atoms with Gasteiger partial charge in [-0.05, 0) is 38.1 Å². The minimum Gasteiger partial charge on any atom is -0.345 e. The zero-order valence-corrected chi connectivity index (χ0v) is 10.5. The first-order valence-electron chi connectivity index (χ1n) is 6.01. The van der Waals surface area contributed by atoms with E-state index in [0.717, 1.165) is 30.5 Å². The molecule has 1 unspecified atom stereocenters. The number of hydrogen-bond donors (Lipinski definition) is 2. The number of hydrogen-bond acceptors (Lipinski definition) is 3. The molecule has 0 radical (unpaired) electrons. The van der Waals surface area contributed by atoms with Crippen molar-refractivity contribution in [1.82, 2.24) is 14.9 Å². The summed E-state index contributed by atoms with van der Waals surface area (Å²) in [5.74, 6) is 0. The lowest BCUT2D eigenvalue weighted by Crippen LogP contribution is -2.34. The van der Waals surface area contributed by atoms with Gasteiger partial charge in [-0.2, -0.15) is 0 Å². The lowest BCUT2D eigenvalue weighted by molar-refractivity contribution is 0.321. The molecule has 0 saturated heterocycles. The van der Waals surface area contributed by atoms with Crippen LogP contribution in [0.15, 0.2) is 24.5 Å². The van der Waals surface area contributed by atoms with Crippen LogP contribution < -0.4 is 5.73 Å². The smallest absolute Gasteiger partial charge is 0.0931 e. The zero-order valence-electron chi connectivity index (χ0n) is 10.5. The SMILES string of the molecule is CC(N)CN(C)CCc1ccc2nc[nH]c2c1. The van der Waals surface area contributed by atoms with Crippen LogP contribution in [0.1, 0.15) is 12.5 Å². The Labute approximate surface area is 102 Å². The van der Waals surface area contributed by atoms with Crippen molar-refractivity contribution in [3.8, 4) is 0 Å². The van der Waals surface area contributed by atoms with Crippen molar-refractivity contribution in [1.29, 1.82) is 0 Å². The van der Waals surface area contributed by atoms with Crippen LogP contribution >= 0.6 is 0 Å². The quantitative estimate of drug-likeness (QED) is 0.819. The number of rotatable bonds is 5. The highest BCUT2D eigenvalue weighted by molar-refractivity contribution is 5.75. The summed E-state index contributed by atoms with van der Waals surface area (Å²) in [5.41, 5.74) is 9.23. The Kier molecular flexibility index (Phi) is 3.76. The van der Waals surface area contributed by atoms with E-state index in [2.05, 4.69) is 40.1 Å². The van der Waals surface area contributed by atoms with E-state index in [1.807, 2.05) is 6.92 Å². The molecule has 0 fully saturated rings. The van der Waals surface area contributed by atoms with Crippen LogP contribution in [0.3, 0.4) is 0 Å². The third kappa shape index (κ3) is 3.28. The summed E-state index contributed by atoms with van der Waals surface area (Å²) in [6.45, 7) is 4.00. The van der Waals surface area contributed by atoms with Crippen molar-refractivity contribution in [3.05, 3.63) is 30.1 Å². The van der Waals surface area contributed by atoms with E-state index in [9.17, 15) is 0 Å². The zero-order chi connectivity index (χ0) is 12.3. The fourth-order valence-corrected chi connectivity index (χ4v) is 2.04. The minimum atomic E-state index is 0.232. The Morgan fingerprint density at radius 2 is 2.29 bits per heavy atom. The van der Waals surface area contributed by atoms with E-state index in [1.165, 1.54) is 5.56 Å². The largest absolute Gasteiger partial charge is 0.345 e. The van der Waals surface area contributed by atoms with Crippen molar-refractivity contribution in [2.24, 2.45) is 5.73 Å². The monoisotopic (exact) mass is 232 g/mol. The van der Waals surface area contributed by atoms with Gasteiger partial charge in [0, 0.05) is 19.1 Å². The molecule has 17 heavy (non-hydrogen) atoms. The Hall–Kier alpha value is -1.39. The average molecular weight is 232 g/mol. The Balaban J connectivity index is 1.94. The molecule has 2 rings (SSSR count). The molecule has 1 aromatic carbocycles. The molecule has 4 nitrogen and oxygen atoms in total. The number of fused-ring (bicyclic) bond motifs is 1. The van der Waals surface area contributed by atoms with Crippen molar-refractivity contribution in [2.45, 2.75) is 19.4 Å². The fraction of sp³-hybridized carbons (Fsp3) is 0.462. The summed E-state index contributed by atoms with van der Waals surface area (Å²) in [7, 11) is 2.11. The van der Waals surface area contributed by atoms with E-state index in [-0.39, 0.29) is 6.04 Å². The van der Waals surface area contributed by atoms with Crippen molar-refractivity contribution < 1.29 is 0 Å². The standard InChI is InChI=1S/C13H20N4/c1-10(14)8-17(2)6-5-11-3-4-12-13(7-11)16-9-15-12/h3-4,7,9-10H,5-6,8,14H2,1-2H3,(H,15,16). The van der Waals surface area contributed by atoms with Gasteiger partial charge in [-0.15, -0.1) is 0 Å². The summed E-state index contributed by atoms with van der Waals surface area (Å²) in [4.78, 5) is 9.61. The number of nitrogens with two attached hydrogens (primary N) is 1. The molecular formula is C13H20N4. The lowest BCUT2D eigenvalue weighted by Gasteiger charge is -2.18. The predicted octanol–water partition coefficient (Wildman–Crippen LogP) is 1.38. The van der Waals surface area contributed by atoms with Crippen molar-refractivity contribution in [3.63, 3.8) is 0 Å². The highest BCUT2D eigenvalue weighted by Gasteiger charge is 2.03. The summed E-state index contributed by atoms with van der Waals surface area (Å²) < 4.78 is 0. The van der Waals surface area contributed by atoms with Gasteiger partial charge < -0.3 is 15.6 Å². The van der Waals surface area contributed by atoms with Gasteiger partial charge in [-0.3, -0.25) is 0 Å². The van der Waals surface area contributed by atoms with Gasteiger partial charge in [0.25, 0.3) is 0 Å². The molecule has 0 aliphatic heterocycles. The second kappa shape index (κ2) is 5.29. The van der Waals surface area contributed by atoms with E-state index in [0.29, 0.717) is 0 Å². The number of nitrogens with one attached hydrogen (secondary N) is 1. The highest BCUT2D eigenvalue weighted by atomic mass is 15.1. The summed E-state index contributed by atoms with van der Waals surface area (Å²) in [5, 5.41) is 0. The molecule has 0 bridgehead atoms. The van der Waals surface area contributed by atoms with Crippen LogP contribution in [-0.4, -0.2) is 41.0 Å². The number of likely N-dealkylation sites (N-methyl/N-ethyl adjacent to an activating group) is 1. The molecule has 3 N–H and O–H groups in total. The van der Waals surface area contributed by atoms with Crippen molar-refractivity contribution >= 4 is 11.0 Å². The topological polar surface area (TPSA) is 57.9 Å². The average Bonchev–Trinajstić information content (AvgIpc) is 2.72. The summed E-state index contributed by atoms with van der Waals surface area (Å²) in [6.07, 6.45) is 2.77. The molecule has 1 heterocycles. The summed E-state index contributed by atoms with van der Waals surface area (Å²) >= 11 is 0. The second-order valence-electron chi connectivity index (χ2n) is 4.74. The molecule has 0 aliphatic carbocycles. The van der Waals surface area contributed by atoms with Gasteiger partial charge >= 0.3 is 0 Å². The maximum Gasteiger partial charge on any atom is 0.0931 e. The predicted molar refractivity (Wildman–Crippen MR) is 70.9 cm³/mol. The van der Waals surface area contributed by atoms with Crippen LogP contribution in [0.5, 0.6) is 0 Å². The lowest BCUT2D eigenvalue weighted by atomic mass is 10.1. The van der Waals surface area contributed by atoms with Gasteiger partial charge in [-0.1, -0.05) is 6.07 Å². The van der Waals surface area contributed by atoms with Crippen molar-refractivity contribution in [2.75, 3.05) is 20.1 Å². The fourth-order valence-electron chi connectivity index (χ4n) is 2.04. The maximum atomic E-state index is 5.77. The maximum absolute atomic E-state index is 5.77. The Bertz CT molecular complexity index is 475. The van der Waals surface area contributed by atoms with Gasteiger partial charge in [0.15, 0.2) is 0 Å². The number of imidazole rings is 1. The molecule has 0 saturated carbocycles. The number of H-pyrrole nitrogens is 1. The summed E-state index contributed by atoms with van der Waals surface area (Å²) in [6, 6.07) is 6.60. The van der Waals surface area contributed by atoms with Crippen LogP contribution in [0, 0.1) is 0 Å². The number of nitrogens with zero attached hydrogens (tertiary/aromatic N) is 2. The Morgan fingerprint density at radius 3 is 3.06 bits per heavy atom. The van der Waals surface area contributed by atoms with Gasteiger partial charge in [0.2, 0.25) is 0 Å². The molecular weight excluding hydrogens is 212 g/mol. The first kappa shape index (κ1) is 12.1. The first-order chi connectivity index (χ1) is 8.15. The third-order valence-corrected chi connectivity index (χ3v) is 2.87. The van der Waals surface area contributed by atoms with Gasteiger partial charge in [0.1, 0.15) is 0 Å². The minimum absolute atomic E-state index is 0.232. The van der Waals surface area contributed by atoms with Crippen LogP contribution in [0.25, 0.3) is 11.0 Å². The molecule has 4 heteroatoms. The number of aromatic amines is 1. The van der Waals surface area contributed by atoms with E-state index >= 15 is 0 Å². The molecule has 2 aromatic rings. The van der Waals surface area contributed by atoms with E-state index in [4.69, 9.17) is 5.73 Å². The number of aromatic nitrogens is 2. The number of benzene rings is 1. The second-order valence-corrected chi connectivity index (χ2v) is 4.74. The molecule has 0 spiro atoms. The van der Waals surface area contributed by atoms with Gasteiger partial charge in [0.05, 0.1) is 17.4 Å². The van der Waals surface area contributed by atoms with Crippen LogP contribution in [-0.2, 0) is 6.42 Å². The van der Waals surface area contributed by atoms with E-state index < -0.39 is 0 Å². The van der Waals surface area contributed by atoms with E-state index in [1.54, 1.807) is 6.33 Å². The first-order valence-corrected chi connectivity index (χ1v) is 6.01. The van der Waals surface area contributed by atoms with Crippen LogP contribution in [0.2, 0.25) is 0 Å². The molecule has 0 aliphatic rings. The molecule has 92 valence electrons. The van der Waals surface area contributed by atoms with Crippen LogP contribution in [0.4, 0.5) is 0 Å². The molecule has 1 aromatic heterocycles. The normalized spacial score (nSPS) is 13.4. The highest BCUT2D eigenvalue weighted by Crippen LogP contribution is 2.12. The Morgan fingerprint density at radius 1 is 1.47 bits per heavy atom. The molecule has 1 atom stereocenters. The third-order valence-electron chi connectivity index (χ3n) is 2.87. The van der Waals surface area contributed by atoms with Gasteiger partial charge in [-0.25, -0.2) is 4.98 Å². The molecule has 0 amide bonds.